The fourth-order valence-electron chi connectivity index (χ4n) is 4.77. The Morgan fingerprint density at radius 3 is 1.97 bits per heavy atom. The molecule has 3 aromatic carbocycles. The number of rotatable bonds is 8. The molecule has 0 aromatic heterocycles. The van der Waals surface area contributed by atoms with Crippen LogP contribution in [-0.4, -0.2) is 29.0 Å². The first-order valence-electron chi connectivity index (χ1n) is 13.4. The van der Waals surface area contributed by atoms with Crippen molar-refractivity contribution in [3.63, 3.8) is 0 Å². The average Bonchev–Trinajstić information content (AvgIpc) is 3.15. The molecule has 1 amide bonds. The smallest absolute Gasteiger partial charge is 0.300 e. The molecule has 0 radical (unpaired) electrons. The van der Waals surface area contributed by atoms with Crippen molar-refractivity contribution < 1.29 is 24.2 Å². The van der Waals surface area contributed by atoms with E-state index in [0.29, 0.717) is 34.2 Å². The molecule has 6 heteroatoms. The lowest BCUT2D eigenvalue weighted by Crippen LogP contribution is -2.29. The van der Waals surface area contributed by atoms with Gasteiger partial charge in [-0.1, -0.05) is 38.1 Å². The predicted octanol–water partition coefficient (Wildman–Crippen LogP) is 7.32. The second-order valence-electron chi connectivity index (χ2n) is 10.8. The summed E-state index contributed by atoms with van der Waals surface area (Å²) in [5.41, 5.74) is 3.71. The third-order valence-corrected chi connectivity index (χ3v) is 6.66. The molecular formula is C33H37NO5. The number of hydrogen-bond acceptors (Lipinski definition) is 5. The molecule has 0 aliphatic carbocycles. The number of Topliss-reactive ketones (excluding diaryl/α,β-unsaturated/α-hetero) is 1. The van der Waals surface area contributed by atoms with Gasteiger partial charge in [-0.15, -0.1) is 0 Å². The van der Waals surface area contributed by atoms with Gasteiger partial charge in [-0.05, 0) is 99.7 Å². The molecule has 0 spiro atoms. The maximum Gasteiger partial charge on any atom is 0.300 e. The van der Waals surface area contributed by atoms with Crippen LogP contribution in [0.4, 0.5) is 5.69 Å². The number of aliphatic hydroxyl groups excluding tert-OH is 1. The summed E-state index contributed by atoms with van der Waals surface area (Å²) >= 11 is 0. The van der Waals surface area contributed by atoms with Crippen LogP contribution in [0.3, 0.4) is 0 Å². The highest BCUT2D eigenvalue weighted by Crippen LogP contribution is 2.43. The summed E-state index contributed by atoms with van der Waals surface area (Å²) in [5, 5.41) is 11.5. The fourth-order valence-corrected chi connectivity index (χ4v) is 4.77. The van der Waals surface area contributed by atoms with Crippen molar-refractivity contribution in [3.05, 3.63) is 94.6 Å². The van der Waals surface area contributed by atoms with E-state index in [9.17, 15) is 14.7 Å². The van der Waals surface area contributed by atoms with Crippen molar-refractivity contribution in [2.45, 2.75) is 72.6 Å². The number of carbonyl (C=O) groups is 2. The van der Waals surface area contributed by atoms with E-state index in [4.69, 9.17) is 9.47 Å². The highest BCUT2D eigenvalue weighted by atomic mass is 16.5. The molecule has 39 heavy (non-hydrogen) atoms. The van der Waals surface area contributed by atoms with Crippen LogP contribution in [0.25, 0.3) is 5.76 Å². The van der Waals surface area contributed by atoms with Crippen LogP contribution in [-0.2, 0) is 9.59 Å². The maximum absolute atomic E-state index is 13.5. The van der Waals surface area contributed by atoms with Crippen LogP contribution in [0.1, 0.15) is 75.8 Å². The topological polar surface area (TPSA) is 76.1 Å². The zero-order valence-electron chi connectivity index (χ0n) is 23.7. The summed E-state index contributed by atoms with van der Waals surface area (Å²) in [6, 6.07) is 19.4. The van der Waals surface area contributed by atoms with Gasteiger partial charge in [-0.2, -0.15) is 0 Å². The normalized spacial score (nSPS) is 17.0. The molecule has 0 bridgehead atoms. The highest BCUT2D eigenvalue weighted by molar-refractivity contribution is 6.51. The van der Waals surface area contributed by atoms with E-state index in [0.717, 1.165) is 11.1 Å². The Labute approximate surface area is 230 Å². The molecular weight excluding hydrogens is 490 g/mol. The number of carbonyl (C=O) groups excluding carboxylic acids is 2. The minimum absolute atomic E-state index is 0.00166. The number of benzene rings is 3. The van der Waals surface area contributed by atoms with Crippen molar-refractivity contribution >= 4 is 23.1 Å². The zero-order valence-corrected chi connectivity index (χ0v) is 23.7. The van der Waals surface area contributed by atoms with E-state index < -0.39 is 17.7 Å². The lowest BCUT2D eigenvalue weighted by atomic mass is 9.94. The Morgan fingerprint density at radius 2 is 1.44 bits per heavy atom. The largest absolute Gasteiger partial charge is 0.507 e. The third kappa shape index (κ3) is 5.85. The Balaban J connectivity index is 1.85. The van der Waals surface area contributed by atoms with Crippen LogP contribution in [0.5, 0.6) is 11.5 Å². The number of nitrogens with zero attached hydrogens (tertiary/aromatic N) is 1. The Hall–Kier alpha value is -4.06. The minimum Gasteiger partial charge on any atom is -0.507 e. The summed E-state index contributed by atoms with van der Waals surface area (Å²) in [6.45, 7) is 13.9. The number of aryl methyl sites for hydroxylation is 1. The number of amides is 1. The van der Waals surface area contributed by atoms with Gasteiger partial charge in [0.2, 0.25) is 0 Å². The summed E-state index contributed by atoms with van der Waals surface area (Å²) in [5.74, 6) is 0.0739. The van der Waals surface area contributed by atoms with Gasteiger partial charge in [0.05, 0.1) is 23.8 Å². The number of anilines is 1. The molecule has 4 rings (SSSR count). The van der Waals surface area contributed by atoms with Gasteiger partial charge in [-0.3, -0.25) is 14.5 Å². The lowest BCUT2D eigenvalue weighted by Gasteiger charge is -2.26. The molecule has 1 fully saturated rings. The first-order valence-corrected chi connectivity index (χ1v) is 13.4. The van der Waals surface area contributed by atoms with Gasteiger partial charge >= 0.3 is 0 Å². The molecule has 204 valence electrons. The van der Waals surface area contributed by atoms with Gasteiger partial charge < -0.3 is 14.6 Å². The predicted molar refractivity (Wildman–Crippen MR) is 154 cm³/mol. The van der Waals surface area contributed by atoms with Gasteiger partial charge in [0.15, 0.2) is 0 Å². The second kappa shape index (κ2) is 11.4. The first-order chi connectivity index (χ1) is 18.5. The van der Waals surface area contributed by atoms with Crippen molar-refractivity contribution in [1.29, 1.82) is 0 Å². The van der Waals surface area contributed by atoms with Gasteiger partial charge in [-0.25, -0.2) is 0 Å². The van der Waals surface area contributed by atoms with Crippen molar-refractivity contribution in [2.24, 2.45) is 0 Å². The summed E-state index contributed by atoms with van der Waals surface area (Å²) in [7, 11) is 0. The molecule has 3 aromatic rings. The van der Waals surface area contributed by atoms with E-state index in [1.807, 2.05) is 83.1 Å². The lowest BCUT2D eigenvalue weighted by molar-refractivity contribution is -0.132. The van der Waals surface area contributed by atoms with E-state index >= 15 is 0 Å². The molecule has 1 aliphatic heterocycles. The second-order valence-corrected chi connectivity index (χ2v) is 10.8. The van der Waals surface area contributed by atoms with E-state index in [2.05, 4.69) is 13.8 Å². The van der Waals surface area contributed by atoms with Crippen LogP contribution in [0.15, 0.2) is 72.3 Å². The van der Waals surface area contributed by atoms with E-state index in [1.54, 1.807) is 18.2 Å². The number of ether oxygens (including phenoxy) is 2. The molecule has 0 saturated carbocycles. The van der Waals surface area contributed by atoms with Crippen LogP contribution in [0.2, 0.25) is 0 Å². The third-order valence-electron chi connectivity index (χ3n) is 6.66. The quantitative estimate of drug-likeness (QED) is 0.189. The molecule has 1 N–H and O–H groups in total. The first kappa shape index (κ1) is 28.0. The standard InChI is InChI=1S/C33H37NO5/c1-19(2)23-8-13-26(14-9-23)34-30(24-10-15-27(16-11-24)38-20(3)4)29(32(36)33(34)37)31(35)25-12-17-28(22(7)18-25)39-21(5)6/h8-21,30,35H,1-7H3/b31-29-. The van der Waals surface area contributed by atoms with E-state index in [-0.39, 0.29) is 23.5 Å². The number of ketones is 1. The van der Waals surface area contributed by atoms with Crippen molar-refractivity contribution in [2.75, 3.05) is 4.90 Å². The van der Waals surface area contributed by atoms with Crippen LogP contribution in [0, 0.1) is 6.92 Å². The van der Waals surface area contributed by atoms with Gasteiger partial charge in [0, 0.05) is 11.3 Å². The Bertz CT molecular complexity index is 1380. The molecule has 1 aliphatic rings. The Kier molecular flexibility index (Phi) is 8.14. The van der Waals surface area contributed by atoms with Gasteiger partial charge in [0.1, 0.15) is 17.3 Å². The molecule has 1 unspecified atom stereocenters. The fraction of sp³-hybridized carbons (Fsp3) is 0.333. The minimum atomic E-state index is -0.810. The highest BCUT2D eigenvalue weighted by Gasteiger charge is 2.47. The summed E-state index contributed by atoms with van der Waals surface area (Å²) < 4.78 is 11.6. The molecule has 1 heterocycles. The van der Waals surface area contributed by atoms with Crippen molar-refractivity contribution in [3.8, 4) is 11.5 Å². The maximum atomic E-state index is 13.5. The van der Waals surface area contributed by atoms with Gasteiger partial charge in [0.25, 0.3) is 11.7 Å². The summed E-state index contributed by atoms with van der Waals surface area (Å²) in [4.78, 5) is 28.5. The average molecular weight is 528 g/mol. The molecule has 1 atom stereocenters. The van der Waals surface area contributed by atoms with Crippen LogP contribution < -0.4 is 14.4 Å². The van der Waals surface area contributed by atoms with Crippen molar-refractivity contribution in [1.82, 2.24) is 0 Å². The molecule has 1 saturated heterocycles. The SMILES string of the molecule is Cc1cc(/C(O)=C2/C(=O)C(=O)N(c3ccc(C(C)C)cc3)C2c2ccc(OC(C)C)cc2)ccc1OC(C)C. The van der Waals surface area contributed by atoms with Crippen LogP contribution >= 0.6 is 0 Å². The zero-order chi connectivity index (χ0) is 28.4. The molecule has 6 nitrogen and oxygen atoms in total. The van der Waals surface area contributed by atoms with E-state index in [1.165, 1.54) is 4.90 Å². The summed E-state index contributed by atoms with van der Waals surface area (Å²) in [6.07, 6.45) is 0.00467. The Morgan fingerprint density at radius 1 is 0.821 bits per heavy atom. The monoisotopic (exact) mass is 527 g/mol. The number of hydrogen-bond donors (Lipinski definition) is 1. The number of aliphatic hydroxyl groups is 1.